The summed E-state index contributed by atoms with van der Waals surface area (Å²) in [4.78, 5) is 4.44. The Kier molecular flexibility index (Phi) is 29.0. The van der Waals surface area contributed by atoms with Gasteiger partial charge < -0.3 is 0 Å². The van der Waals surface area contributed by atoms with Gasteiger partial charge in [0.25, 0.3) is 0 Å². The lowest BCUT2D eigenvalue weighted by atomic mass is 9.99. The second-order valence-corrected chi connectivity index (χ2v) is 6.54. The summed E-state index contributed by atoms with van der Waals surface area (Å²) in [6.45, 7) is 19.5. The van der Waals surface area contributed by atoms with Gasteiger partial charge in [0, 0.05) is 12.3 Å². The molecule has 1 nitrogen and oxygen atoms in total. The maximum absolute atomic E-state index is 4.44. The summed E-state index contributed by atoms with van der Waals surface area (Å²) in [5, 5.41) is 0. The number of allylic oxidation sites excluding steroid dienone is 2. The summed E-state index contributed by atoms with van der Waals surface area (Å²) in [7, 11) is 0. The van der Waals surface area contributed by atoms with E-state index in [0.717, 1.165) is 18.8 Å². The molecule has 2 unspecified atom stereocenters. The minimum atomic E-state index is 0.469. The number of aliphatic imine (C=N–C) groups is 1. The standard InChI is InChI=1S/C11H21N.C10H22.C2H6/c1-5-8-11(7-3)9-12-10(4)6-2;1-4-6-7-9-10(3)8-5-2;1-2/h7,9-10H,5-6,8H2,1-4H3;10H,4-9H2,1-3H3;1-2H3/b11-7-,12-9?;;. The summed E-state index contributed by atoms with van der Waals surface area (Å²) in [6, 6.07) is 0.469. The second-order valence-electron chi connectivity index (χ2n) is 6.54. The van der Waals surface area contributed by atoms with Crippen molar-refractivity contribution >= 4 is 6.21 Å². The molecule has 0 heterocycles. The van der Waals surface area contributed by atoms with Crippen molar-refractivity contribution in [1.82, 2.24) is 0 Å². The first-order valence-corrected chi connectivity index (χ1v) is 10.7. The van der Waals surface area contributed by atoms with Crippen molar-refractivity contribution in [2.45, 2.75) is 126 Å². The molecule has 2 atom stereocenters. The normalized spacial score (nSPS) is 13.6. The van der Waals surface area contributed by atoms with Crippen LogP contribution in [0.5, 0.6) is 0 Å². The van der Waals surface area contributed by atoms with Crippen LogP contribution in [0, 0.1) is 5.92 Å². The number of rotatable bonds is 11. The fourth-order valence-corrected chi connectivity index (χ4v) is 2.28. The van der Waals surface area contributed by atoms with Crippen LogP contribution in [0.3, 0.4) is 0 Å². The Morgan fingerprint density at radius 2 is 1.50 bits per heavy atom. The van der Waals surface area contributed by atoms with Gasteiger partial charge in [-0.3, -0.25) is 4.99 Å². The molecular formula is C23H49N. The van der Waals surface area contributed by atoms with Crippen molar-refractivity contribution in [3.8, 4) is 0 Å². The quantitative estimate of drug-likeness (QED) is 0.264. The summed E-state index contributed by atoms with van der Waals surface area (Å²) < 4.78 is 0. The first-order chi connectivity index (χ1) is 11.5. The Hall–Kier alpha value is -0.590. The Bertz CT molecular complexity index is 265. The topological polar surface area (TPSA) is 12.4 Å². The molecule has 0 aliphatic heterocycles. The van der Waals surface area contributed by atoms with Gasteiger partial charge in [-0.1, -0.05) is 99.5 Å². The zero-order valence-corrected chi connectivity index (χ0v) is 18.6. The van der Waals surface area contributed by atoms with E-state index in [-0.39, 0.29) is 0 Å². The monoisotopic (exact) mass is 339 g/mol. The van der Waals surface area contributed by atoms with E-state index in [1.54, 1.807) is 0 Å². The van der Waals surface area contributed by atoms with E-state index in [9.17, 15) is 0 Å². The van der Waals surface area contributed by atoms with Gasteiger partial charge in [0.15, 0.2) is 0 Å². The van der Waals surface area contributed by atoms with Gasteiger partial charge in [-0.15, -0.1) is 0 Å². The van der Waals surface area contributed by atoms with E-state index in [1.807, 2.05) is 20.1 Å². The second kappa shape index (κ2) is 24.7. The van der Waals surface area contributed by atoms with E-state index in [4.69, 9.17) is 0 Å². The average molecular weight is 340 g/mol. The molecule has 0 spiro atoms. The fourth-order valence-electron chi connectivity index (χ4n) is 2.28. The third-order valence-corrected chi connectivity index (χ3v) is 4.08. The zero-order valence-electron chi connectivity index (χ0n) is 18.6. The van der Waals surface area contributed by atoms with Crippen LogP contribution in [0.25, 0.3) is 0 Å². The third kappa shape index (κ3) is 23.7. The summed E-state index contributed by atoms with van der Waals surface area (Å²) in [5.41, 5.74) is 1.36. The third-order valence-electron chi connectivity index (χ3n) is 4.08. The molecule has 0 saturated carbocycles. The molecule has 0 amide bonds. The average Bonchev–Trinajstić information content (AvgIpc) is 2.61. The molecule has 24 heavy (non-hydrogen) atoms. The van der Waals surface area contributed by atoms with Crippen LogP contribution in [-0.2, 0) is 0 Å². The van der Waals surface area contributed by atoms with Gasteiger partial charge in [0.05, 0.1) is 0 Å². The zero-order chi connectivity index (χ0) is 19.2. The summed E-state index contributed by atoms with van der Waals surface area (Å²) in [6.07, 6.45) is 16.1. The van der Waals surface area contributed by atoms with E-state index in [0.29, 0.717) is 6.04 Å². The van der Waals surface area contributed by atoms with Gasteiger partial charge >= 0.3 is 0 Å². The molecule has 0 aromatic carbocycles. The van der Waals surface area contributed by atoms with E-state index in [1.165, 1.54) is 50.5 Å². The predicted octanol–water partition coefficient (Wildman–Crippen LogP) is 8.63. The lowest BCUT2D eigenvalue weighted by Gasteiger charge is -2.07. The Balaban J connectivity index is -0.000000337. The van der Waals surface area contributed by atoms with Crippen LogP contribution in [0.2, 0.25) is 0 Å². The molecule has 0 N–H and O–H groups in total. The molecule has 0 saturated heterocycles. The molecule has 0 fully saturated rings. The number of hydrogen-bond acceptors (Lipinski definition) is 1. The van der Waals surface area contributed by atoms with Crippen molar-refractivity contribution in [2.24, 2.45) is 10.9 Å². The number of nitrogens with zero attached hydrogens (tertiary/aromatic N) is 1. The maximum atomic E-state index is 4.44. The maximum Gasteiger partial charge on any atom is 0.0468 e. The van der Waals surface area contributed by atoms with E-state index < -0.39 is 0 Å². The highest BCUT2D eigenvalue weighted by Gasteiger charge is 1.98. The molecule has 0 bridgehead atoms. The lowest BCUT2D eigenvalue weighted by Crippen LogP contribution is -1.96. The van der Waals surface area contributed by atoms with Gasteiger partial charge in [-0.2, -0.15) is 0 Å². The Morgan fingerprint density at radius 3 is 1.92 bits per heavy atom. The van der Waals surface area contributed by atoms with Crippen LogP contribution < -0.4 is 0 Å². The molecule has 0 radical (unpaired) electrons. The molecule has 0 aromatic rings. The molecule has 0 aromatic heterocycles. The highest BCUT2D eigenvalue weighted by molar-refractivity contribution is 5.78. The van der Waals surface area contributed by atoms with Crippen LogP contribution in [0.15, 0.2) is 16.6 Å². The van der Waals surface area contributed by atoms with E-state index >= 15 is 0 Å². The van der Waals surface area contributed by atoms with Crippen LogP contribution in [0.1, 0.15) is 120 Å². The highest BCUT2D eigenvalue weighted by Crippen LogP contribution is 2.13. The SMILES string of the molecule is C/C=C(\C=NC(C)CC)CCC.CC.CCCCCC(C)CCC. The summed E-state index contributed by atoms with van der Waals surface area (Å²) >= 11 is 0. The number of unbranched alkanes of at least 4 members (excludes halogenated alkanes) is 2. The van der Waals surface area contributed by atoms with E-state index in [2.05, 4.69) is 59.5 Å². The van der Waals surface area contributed by atoms with Crippen LogP contribution in [0.4, 0.5) is 0 Å². The van der Waals surface area contributed by atoms with Crippen LogP contribution in [-0.4, -0.2) is 12.3 Å². The first kappa shape index (κ1) is 28.2. The molecular weight excluding hydrogens is 290 g/mol. The largest absolute Gasteiger partial charge is 0.290 e. The highest BCUT2D eigenvalue weighted by atomic mass is 14.7. The molecule has 0 aliphatic carbocycles. The minimum absolute atomic E-state index is 0.469. The van der Waals surface area contributed by atoms with Gasteiger partial charge in [0.2, 0.25) is 0 Å². The minimum Gasteiger partial charge on any atom is -0.290 e. The molecule has 0 rings (SSSR count). The smallest absolute Gasteiger partial charge is 0.0468 e. The van der Waals surface area contributed by atoms with Crippen molar-refractivity contribution in [3.05, 3.63) is 11.6 Å². The molecule has 1 heteroatoms. The van der Waals surface area contributed by atoms with Gasteiger partial charge in [-0.05, 0) is 38.2 Å². The van der Waals surface area contributed by atoms with Crippen molar-refractivity contribution in [3.63, 3.8) is 0 Å². The van der Waals surface area contributed by atoms with Crippen LogP contribution >= 0.6 is 0 Å². The van der Waals surface area contributed by atoms with Crippen molar-refractivity contribution in [2.75, 3.05) is 0 Å². The first-order valence-electron chi connectivity index (χ1n) is 10.7. The van der Waals surface area contributed by atoms with Crippen molar-refractivity contribution < 1.29 is 0 Å². The Labute approximate surface area is 155 Å². The molecule has 146 valence electrons. The number of hydrogen-bond donors (Lipinski definition) is 0. The lowest BCUT2D eigenvalue weighted by molar-refractivity contribution is 0.459. The summed E-state index contributed by atoms with van der Waals surface area (Å²) in [5.74, 6) is 0.969. The fraction of sp³-hybridized carbons (Fsp3) is 0.870. The Morgan fingerprint density at radius 1 is 0.875 bits per heavy atom. The predicted molar refractivity (Wildman–Crippen MR) is 116 cm³/mol. The molecule has 0 aliphatic rings. The van der Waals surface area contributed by atoms with Crippen molar-refractivity contribution in [1.29, 1.82) is 0 Å². The van der Waals surface area contributed by atoms with Gasteiger partial charge in [-0.25, -0.2) is 0 Å². The van der Waals surface area contributed by atoms with Gasteiger partial charge in [0.1, 0.15) is 0 Å².